The molecule has 0 saturated carbocycles. The fourth-order valence-corrected chi connectivity index (χ4v) is 19.9. The normalized spacial score (nSPS) is 20.4. The van der Waals surface area contributed by atoms with E-state index in [1.807, 2.05) is 14.1 Å². The quantitative estimate of drug-likeness (QED) is 0.0179. The Morgan fingerprint density at radius 1 is 0.505 bits per heavy atom. The Hall–Kier alpha value is -5.27. The highest BCUT2D eigenvalue weighted by molar-refractivity contribution is 8.13. The number of nitrogens with two attached hydrogens (primary N) is 1. The van der Waals surface area contributed by atoms with Crippen molar-refractivity contribution >= 4 is 90.8 Å². The summed E-state index contributed by atoms with van der Waals surface area (Å²) in [6.07, 6.45) is 22.5. The lowest BCUT2D eigenvalue weighted by molar-refractivity contribution is 0.0791. The Balaban J connectivity index is 0.000000137. The van der Waals surface area contributed by atoms with Crippen LogP contribution in [-0.4, -0.2) is 193 Å². The minimum absolute atomic E-state index is 0.0860. The van der Waals surface area contributed by atoms with Crippen LogP contribution in [0.3, 0.4) is 0 Å². The average Bonchev–Trinajstić information content (AvgIpc) is 1.64. The fourth-order valence-electron chi connectivity index (χ4n) is 15.5. The van der Waals surface area contributed by atoms with Crippen molar-refractivity contribution < 1.29 is 34.7 Å². The van der Waals surface area contributed by atoms with Gasteiger partial charge in [-0.1, -0.05) is 57.5 Å². The molecule has 0 radical (unpaired) electrons. The lowest BCUT2D eigenvalue weighted by atomic mass is 9.99. The smallest absolute Gasteiger partial charge is 0.298 e. The number of rotatable bonds is 23. The molecule has 0 bridgehead atoms. The summed E-state index contributed by atoms with van der Waals surface area (Å²) in [5, 5.41) is 24.9. The predicted octanol–water partition coefficient (Wildman–Crippen LogP) is 8.69. The molecule has 0 spiro atoms. The maximum absolute atomic E-state index is 13.2. The minimum Gasteiger partial charge on any atom is -0.359 e. The van der Waals surface area contributed by atoms with Crippen LogP contribution in [0.2, 0.25) is 51.4 Å². The van der Waals surface area contributed by atoms with Crippen LogP contribution in [0.15, 0.2) is 33.7 Å². The van der Waals surface area contributed by atoms with E-state index in [0.717, 1.165) is 164 Å². The maximum Gasteiger partial charge on any atom is 0.298 e. The van der Waals surface area contributed by atoms with Gasteiger partial charge in [0.25, 0.3) is 44.6 Å². The first kappa shape index (κ1) is 75.4. The summed E-state index contributed by atoms with van der Waals surface area (Å²) in [5.74, 6) is 1.11. The van der Waals surface area contributed by atoms with Crippen molar-refractivity contribution in [2.24, 2.45) is 5.73 Å². The number of H-pyrrole nitrogens is 1. The molecule has 554 valence electrons. The van der Waals surface area contributed by atoms with E-state index < -0.39 is 50.4 Å². The topological polar surface area (TPSA) is 320 Å². The van der Waals surface area contributed by atoms with Gasteiger partial charge in [0.15, 0.2) is 0 Å². The highest BCUT2D eigenvalue weighted by Gasteiger charge is 2.34. The largest absolute Gasteiger partial charge is 0.359 e. The molecule has 8 N–H and O–H groups in total. The minimum atomic E-state index is -4.03. The van der Waals surface area contributed by atoms with E-state index >= 15 is 0 Å². The summed E-state index contributed by atoms with van der Waals surface area (Å²) in [6, 6.07) is 9.40. The monoisotopic (exact) mass is 1500 g/mol. The third-order valence-corrected chi connectivity index (χ3v) is 27.9. The molecule has 3 aliphatic heterocycles. The number of halogens is 1. The van der Waals surface area contributed by atoms with Crippen LogP contribution in [-0.2, 0) is 129 Å². The summed E-state index contributed by atoms with van der Waals surface area (Å²) < 4.78 is 95.8. The number of likely N-dealkylation sites (tertiary alicyclic amines) is 3. The second-order valence-electron chi connectivity index (χ2n) is 31.7. The number of aryl methyl sites for hydroxylation is 6. The standard InChI is InChI=1S/C25H40N6O3SSi.C20H29ClN4O3SSi.C19H26N6O2S.C5H12N2/c1-30-12-11-20(16-30)29-35(32,33)25-27-24(31(28-25)17-34-13-14-36(2,3)4)26-23-21-9-5-7-18(21)15-19-8-6-10-22(19)23;1-30(2,3)11-10-28-13-25-19(23-20(24-25)29(21,26)27)22-18-16-8-4-6-14(16)12-15-7-5-9-17(15)18;1-25-9-8-14(11-25)24-28(26,27)19-21-18(22-23-19)20-17-15-6-2-4-12(15)10-13-5-3-7-16(13)17;1-7-3-2-5(6)4-7/h15,20,29H,5-14,16-17H2,1-4H3,(H,26,27,28);12H,4-11,13H2,1-3H3,(H,22,23,24);10,14,24H,2-9,11H2,1H3,(H2,20,21,22,23);5H,2-4,6H2,1H3. The van der Waals surface area contributed by atoms with Crippen molar-refractivity contribution in [2.45, 2.75) is 233 Å². The second-order valence-corrected chi connectivity index (χ2v) is 48.6. The van der Waals surface area contributed by atoms with E-state index in [1.54, 1.807) is 4.68 Å². The van der Waals surface area contributed by atoms with Crippen molar-refractivity contribution in [3.05, 3.63) is 85.0 Å². The predicted molar refractivity (Wildman–Crippen MR) is 402 cm³/mol. The zero-order valence-corrected chi connectivity index (χ0v) is 65.9. The van der Waals surface area contributed by atoms with E-state index in [9.17, 15) is 25.3 Å². The Morgan fingerprint density at radius 3 is 1.22 bits per heavy atom. The number of aromatic amines is 1. The van der Waals surface area contributed by atoms with E-state index in [-0.39, 0.29) is 35.9 Å². The number of hydrogen-bond donors (Lipinski definition) is 7. The average molecular weight is 1500 g/mol. The Labute approximate surface area is 604 Å². The molecule has 3 aromatic carbocycles. The van der Waals surface area contributed by atoms with Crippen LogP contribution in [0.5, 0.6) is 0 Å². The fraction of sp³-hybridized carbons (Fsp3) is 0.652. The van der Waals surface area contributed by atoms with Gasteiger partial charge < -0.3 is 45.9 Å². The molecular formula is C69H107ClN18O8S3Si2. The summed E-state index contributed by atoms with van der Waals surface area (Å²) in [6.45, 7) is 20.7. The number of nitrogens with one attached hydrogen (secondary N) is 6. The number of aromatic nitrogens is 9. The van der Waals surface area contributed by atoms with Gasteiger partial charge >= 0.3 is 0 Å². The number of fused-ring (bicyclic) bond motifs is 6. The van der Waals surface area contributed by atoms with Crippen molar-refractivity contribution in [2.75, 3.05) is 89.6 Å². The first-order valence-electron chi connectivity index (χ1n) is 36.6. The van der Waals surface area contributed by atoms with Crippen molar-refractivity contribution in [1.29, 1.82) is 0 Å². The van der Waals surface area contributed by atoms with Gasteiger partial charge in [0.1, 0.15) is 13.5 Å². The molecule has 3 saturated heterocycles. The van der Waals surface area contributed by atoms with E-state index in [4.69, 9.17) is 25.9 Å². The van der Waals surface area contributed by atoms with Gasteiger partial charge in [-0.15, -0.1) is 15.3 Å². The lowest BCUT2D eigenvalue weighted by Crippen LogP contribution is -2.37. The van der Waals surface area contributed by atoms with Crippen molar-refractivity contribution in [3.63, 3.8) is 0 Å². The molecule has 26 nitrogen and oxygen atoms in total. The number of sulfonamides is 2. The number of hydrogen-bond acceptors (Lipinski definition) is 21. The summed E-state index contributed by atoms with van der Waals surface area (Å²) in [4.78, 5) is 19.5. The molecule has 101 heavy (non-hydrogen) atoms. The van der Waals surface area contributed by atoms with Gasteiger partial charge in [-0.25, -0.2) is 49.2 Å². The van der Waals surface area contributed by atoms with Gasteiger partial charge in [-0.2, -0.15) is 15.0 Å². The van der Waals surface area contributed by atoms with Gasteiger partial charge in [0.05, 0.1) is 0 Å². The third-order valence-electron chi connectivity index (χ3n) is 20.9. The molecule has 3 atom stereocenters. The van der Waals surface area contributed by atoms with Gasteiger partial charge in [0.2, 0.25) is 17.8 Å². The van der Waals surface area contributed by atoms with Gasteiger partial charge in [0, 0.05) is 94.9 Å². The molecule has 9 aliphatic rings. The van der Waals surface area contributed by atoms with Gasteiger partial charge in [-0.05, 0) is 254 Å². The van der Waals surface area contributed by atoms with Crippen LogP contribution in [0.4, 0.5) is 34.9 Å². The molecule has 6 heterocycles. The van der Waals surface area contributed by atoms with Crippen LogP contribution < -0.4 is 31.1 Å². The maximum atomic E-state index is 13.2. The molecule has 6 aliphatic carbocycles. The second kappa shape index (κ2) is 31.8. The summed E-state index contributed by atoms with van der Waals surface area (Å²) in [7, 11) is -2.43. The molecule has 6 aromatic rings. The molecule has 3 unspecified atom stereocenters. The zero-order chi connectivity index (χ0) is 71.6. The molecule has 3 aromatic heterocycles. The first-order chi connectivity index (χ1) is 48.0. The van der Waals surface area contributed by atoms with Crippen LogP contribution in [0.25, 0.3) is 0 Å². The van der Waals surface area contributed by atoms with Gasteiger partial charge in [-0.3, -0.25) is 0 Å². The van der Waals surface area contributed by atoms with E-state index in [0.29, 0.717) is 50.2 Å². The van der Waals surface area contributed by atoms with Crippen LogP contribution in [0, 0.1) is 0 Å². The first-order valence-corrected chi connectivity index (χ1v) is 49.3. The van der Waals surface area contributed by atoms with Crippen molar-refractivity contribution in [1.82, 2.24) is 68.9 Å². The summed E-state index contributed by atoms with van der Waals surface area (Å²) >= 11 is 0. The number of anilines is 6. The Kier molecular flexibility index (Phi) is 23.8. The zero-order valence-electron chi connectivity index (χ0n) is 60.7. The molecule has 15 rings (SSSR count). The van der Waals surface area contributed by atoms with Crippen LogP contribution >= 0.6 is 10.7 Å². The van der Waals surface area contributed by atoms with E-state index in [2.05, 4.69) is 140 Å². The Bertz CT molecular complexity index is 4210. The molecular weight excluding hydrogens is 1400 g/mol. The van der Waals surface area contributed by atoms with E-state index in [1.165, 1.54) is 97.3 Å². The lowest BCUT2D eigenvalue weighted by Gasteiger charge is -2.18. The van der Waals surface area contributed by atoms with Crippen molar-refractivity contribution in [3.8, 4) is 0 Å². The number of ether oxygens (including phenoxy) is 2. The third kappa shape index (κ3) is 19.1. The molecule has 0 amide bonds. The SMILES string of the molecule is CN1CCC(N)C1.CN1CCC(NS(=O)(=O)c2nc(Nc3c4c(cc5c3CCC5)CCC4)n(COCC[Si](C)(C)C)n2)C1.CN1CCC(NS(=O)(=O)c2nc(Nc3c4c(cc5c3CCC5)CCC4)n[nH]2)C1.C[Si](C)(C)CCOCn1nc(S(=O)(=O)Cl)nc1Nc1c2c(cc3c1CCC3)CCC2. The molecule has 32 heteroatoms. The number of nitrogens with zero attached hydrogens (tertiary/aromatic N) is 11. The highest BCUT2D eigenvalue weighted by Crippen LogP contribution is 2.43. The Morgan fingerprint density at radius 2 is 0.871 bits per heavy atom. The summed E-state index contributed by atoms with van der Waals surface area (Å²) in [5.41, 5.74) is 25.3. The molecule has 3 fully saturated rings. The number of benzene rings is 3. The van der Waals surface area contributed by atoms with Crippen LogP contribution in [0.1, 0.15) is 125 Å². The highest BCUT2D eigenvalue weighted by atomic mass is 35.7. The number of likely N-dealkylation sites (N-methyl/N-ethyl adjacent to an activating group) is 3.